The van der Waals surface area contributed by atoms with Gasteiger partial charge in [-0.3, -0.25) is 25.1 Å². The normalized spacial score (nSPS) is 17.6. The highest BCUT2D eigenvalue weighted by Crippen LogP contribution is 2.34. The van der Waals surface area contributed by atoms with Crippen LogP contribution in [0.3, 0.4) is 0 Å². The first kappa shape index (κ1) is 19.9. The summed E-state index contributed by atoms with van der Waals surface area (Å²) in [6.07, 6.45) is 1.78. The molecule has 0 heterocycles. The fourth-order valence-electron chi connectivity index (χ4n) is 2.71. The average molecular weight is 370 g/mol. The summed E-state index contributed by atoms with van der Waals surface area (Å²) in [4.78, 5) is 35.3. The van der Waals surface area contributed by atoms with E-state index in [4.69, 9.17) is 5.41 Å². The number of nitro benzene ring substituents is 1. The number of nitrogens with one attached hydrogen (secondary N) is 1. The van der Waals surface area contributed by atoms with Crippen LogP contribution in [-0.4, -0.2) is 27.5 Å². The van der Waals surface area contributed by atoms with E-state index >= 15 is 0 Å². The third-order valence-electron chi connectivity index (χ3n) is 4.24. The van der Waals surface area contributed by atoms with Crippen molar-refractivity contribution < 1.29 is 19.6 Å². The molecule has 0 radical (unpaired) electrons. The number of azo groups is 1. The van der Waals surface area contributed by atoms with Crippen LogP contribution >= 0.6 is 0 Å². The average Bonchev–Trinajstić information content (AvgIpc) is 2.63. The smallest absolute Gasteiger partial charge is 0.271 e. The summed E-state index contributed by atoms with van der Waals surface area (Å²) in [6, 6.07) is 3.24. The molecule has 2 rings (SSSR count). The first-order valence-corrected chi connectivity index (χ1v) is 8.30. The number of nitrogens with zero attached hydrogens (tertiary/aromatic N) is 3. The number of carbonyl (C=O) groups is 2. The number of phenols is 1. The first-order chi connectivity index (χ1) is 12.8. The van der Waals surface area contributed by atoms with Crippen molar-refractivity contribution in [1.82, 2.24) is 0 Å². The zero-order valence-electron chi connectivity index (χ0n) is 14.9. The SMILES string of the molecule is CCCCC1C(=O)C(=C=N)C(C)=C(N=Nc2cc([N+](=O)[O-])ccc2O)C1=O. The van der Waals surface area contributed by atoms with Crippen molar-refractivity contribution >= 4 is 28.8 Å². The van der Waals surface area contributed by atoms with E-state index in [1.54, 1.807) is 0 Å². The predicted octanol–water partition coefficient (Wildman–Crippen LogP) is 3.79. The molecule has 1 aliphatic carbocycles. The standard InChI is InChI=1S/C18H18N4O5/c1-3-4-5-12-17(24)13(9-19)10(2)16(18(12)25)21-20-14-8-11(22(26)27)6-7-15(14)23/h6-8,12,19,23H,3-5H2,1-2H3. The number of hydrogen-bond acceptors (Lipinski definition) is 8. The molecule has 0 aliphatic heterocycles. The van der Waals surface area contributed by atoms with Gasteiger partial charge in [-0.05, 0) is 25.3 Å². The van der Waals surface area contributed by atoms with Gasteiger partial charge in [0.25, 0.3) is 5.69 Å². The molecule has 1 aromatic carbocycles. The van der Waals surface area contributed by atoms with E-state index in [0.717, 1.165) is 24.6 Å². The monoisotopic (exact) mass is 370 g/mol. The number of aromatic hydroxyl groups is 1. The number of ketones is 2. The maximum atomic E-state index is 12.7. The summed E-state index contributed by atoms with van der Waals surface area (Å²) in [5.74, 6) is -0.205. The Balaban J connectivity index is 2.48. The molecule has 2 N–H and O–H groups in total. The highest BCUT2D eigenvalue weighted by atomic mass is 16.6. The molecule has 0 aromatic heterocycles. The number of unbranched alkanes of at least 4 members (excludes halogenated alkanes) is 1. The van der Waals surface area contributed by atoms with Gasteiger partial charge in [0.2, 0.25) is 0 Å². The maximum Gasteiger partial charge on any atom is 0.271 e. The molecule has 27 heavy (non-hydrogen) atoms. The number of Topliss-reactive ketones (excluding diaryl/α,β-unsaturated/α-hetero) is 2. The predicted molar refractivity (Wildman–Crippen MR) is 96.2 cm³/mol. The number of phenolic OH excluding ortho intramolecular Hbond substituents is 1. The fourth-order valence-corrected chi connectivity index (χ4v) is 2.71. The molecule has 9 nitrogen and oxygen atoms in total. The molecule has 0 spiro atoms. The number of carbonyl (C=O) groups excluding carboxylic acids is 2. The zero-order valence-corrected chi connectivity index (χ0v) is 14.9. The van der Waals surface area contributed by atoms with E-state index < -0.39 is 22.4 Å². The molecule has 1 unspecified atom stereocenters. The van der Waals surface area contributed by atoms with Crippen LogP contribution in [0, 0.1) is 21.4 Å². The van der Waals surface area contributed by atoms with Crippen LogP contribution in [0.2, 0.25) is 0 Å². The van der Waals surface area contributed by atoms with Crippen molar-refractivity contribution in [2.75, 3.05) is 0 Å². The molecule has 9 heteroatoms. The molecule has 0 saturated heterocycles. The Morgan fingerprint density at radius 1 is 1.30 bits per heavy atom. The molecule has 0 fully saturated rings. The largest absolute Gasteiger partial charge is 0.506 e. The summed E-state index contributed by atoms with van der Waals surface area (Å²) in [5.41, 5.74) is -0.455. The van der Waals surface area contributed by atoms with Crippen molar-refractivity contribution in [3.8, 4) is 5.75 Å². The van der Waals surface area contributed by atoms with Gasteiger partial charge in [0.1, 0.15) is 17.1 Å². The lowest BCUT2D eigenvalue weighted by Crippen LogP contribution is -2.32. The lowest BCUT2D eigenvalue weighted by Gasteiger charge is -2.21. The lowest BCUT2D eigenvalue weighted by atomic mass is 9.80. The Kier molecular flexibility index (Phi) is 6.10. The molecule has 1 aromatic rings. The maximum absolute atomic E-state index is 12.7. The van der Waals surface area contributed by atoms with E-state index in [-0.39, 0.29) is 34.0 Å². The van der Waals surface area contributed by atoms with Crippen LogP contribution < -0.4 is 0 Å². The Bertz CT molecular complexity index is 926. The van der Waals surface area contributed by atoms with Gasteiger partial charge in [-0.15, -0.1) is 10.2 Å². The highest BCUT2D eigenvalue weighted by molar-refractivity contribution is 6.24. The molecule has 1 atom stereocenters. The van der Waals surface area contributed by atoms with E-state index in [0.29, 0.717) is 12.8 Å². The Morgan fingerprint density at radius 3 is 2.59 bits per heavy atom. The van der Waals surface area contributed by atoms with Crippen LogP contribution in [0.15, 0.2) is 45.3 Å². The number of benzene rings is 1. The fraction of sp³-hybridized carbons (Fsp3) is 0.333. The summed E-state index contributed by atoms with van der Waals surface area (Å²) < 4.78 is 0. The summed E-state index contributed by atoms with van der Waals surface area (Å²) in [5, 5.41) is 35.6. The molecular formula is C18H18N4O5. The third kappa shape index (κ3) is 4.04. The Morgan fingerprint density at radius 2 is 2.00 bits per heavy atom. The van der Waals surface area contributed by atoms with Crippen LogP contribution in [-0.2, 0) is 9.59 Å². The van der Waals surface area contributed by atoms with Gasteiger partial charge in [-0.1, -0.05) is 19.8 Å². The molecule has 0 amide bonds. The number of nitro groups is 1. The molecule has 0 saturated carbocycles. The highest BCUT2D eigenvalue weighted by Gasteiger charge is 2.38. The van der Waals surface area contributed by atoms with Crippen LogP contribution in [0.25, 0.3) is 0 Å². The van der Waals surface area contributed by atoms with Crippen molar-refractivity contribution in [2.24, 2.45) is 16.1 Å². The topological polar surface area (TPSA) is 146 Å². The first-order valence-electron chi connectivity index (χ1n) is 8.30. The Labute approximate surface area is 154 Å². The minimum Gasteiger partial charge on any atom is -0.506 e. The second-order valence-electron chi connectivity index (χ2n) is 6.03. The van der Waals surface area contributed by atoms with E-state index in [9.17, 15) is 24.8 Å². The molecule has 140 valence electrons. The summed E-state index contributed by atoms with van der Waals surface area (Å²) >= 11 is 0. The minimum absolute atomic E-state index is 0.0343. The molecule has 1 aliphatic rings. The van der Waals surface area contributed by atoms with Gasteiger partial charge in [-0.2, -0.15) is 0 Å². The van der Waals surface area contributed by atoms with Crippen molar-refractivity contribution in [3.63, 3.8) is 0 Å². The van der Waals surface area contributed by atoms with Crippen molar-refractivity contribution in [2.45, 2.75) is 33.1 Å². The van der Waals surface area contributed by atoms with E-state index in [1.807, 2.05) is 6.92 Å². The number of rotatable bonds is 6. The van der Waals surface area contributed by atoms with Crippen LogP contribution in [0.1, 0.15) is 33.1 Å². The Hall–Kier alpha value is -3.45. The summed E-state index contributed by atoms with van der Waals surface area (Å²) in [7, 11) is 0. The van der Waals surface area contributed by atoms with Gasteiger partial charge in [0, 0.05) is 17.7 Å². The van der Waals surface area contributed by atoms with Crippen LogP contribution in [0.5, 0.6) is 5.75 Å². The van der Waals surface area contributed by atoms with Crippen molar-refractivity contribution in [3.05, 3.63) is 45.2 Å². The quantitative estimate of drug-likeness (QED) is 0.195. The number of hydrogen-bond donors (Lipinski definition) is 2. The molecular weight excluding hydrogens is 352 g/mol. The zero-order chi connectivity index (χ0) is 20.1. The second-order valence-corrected chi connectivity index (χ2v) is 6.03. The van der Waals surface area contributed by atoms with Gasteiger partial charge >= 0.3 is 0 Å². The summed E-state index contributed by atoms with van der Waals surface area (Å²) in [6.45, 7) is 3.39. The second kappa shape index (κ2) is 8.29. The number of allylic oxidation sites excluding steroid dienone is 3. The lowest BCUT2D eigenvalue weighted by molar-refractivity contribution is -0.384. The number of non-ortho nitro benzene ring substituents is 1. The van der Waals surface area contributed by atoms with Gasteiger partial charge in [0.15, 0.2) is 11.6 Å². The van der Waals surface area contributed by atoms with Gasteiger partial charge in [-0.25, -0.2) is 0 Å². The minimum atomic E-state index is -0.950. The van der Waals surface area contributed by atoms with E-state index in [2.05, 4.69) is 16.1 Å². The van der Waals surface area contributed by atoms with E-state index in [1.165, 1.54) is 6.92 Å². The molecule has 0 bridgehead atoms. The van der Waals surface area contributed by atoms with Crippen LogP contribution in [0.4, 0.5) is 11.4 Å². The third-order valence-corrected chi connectivity index (χ3v) is 4.24. The van der Waals surface area contributed by atoms with Crippen molar-refractivity contribution in [1.29, 1.82) is 5.41 Å². The van der Waals surface area contributed by atoms with Gasteiger partial charge < -0.3 is 5.11 Å². The van der Waals surface area contributed by atoms with Gasteiger partial charge in [0.05, 0.1) is 16.4 Å².